The van der Waals surface area contributed by atoms with Crippen molar-refractivity contribution in [3.63, 3.8) is 0 Å². The highest BCUT2D eigenvalue weighted by molar-refractivity contribution is 5.20. The highest BCUT2D eigenvalue weighted by atomic mass is 35.5. The minimum atomic E-state index is -0.503. The lowest BCUT2D eigenvalue weighted by Gasteiger charge is -2.12. The number of hydrogen-bond donors (Lipinski definition) is 3. The lowest BCUT2D eigenvalue weighted by atomic mass is 10.3. The number of para-hydroxylation sites is 1. The molecule has 0 aliphatic rings. The summed E-state index contributed by atoms with van der Waals surface area (Å²) in [5, 5.41) is 12.5. The summed E-state index contributed by atoms with van der Waals surface area (Å²) in [6, 6.07) is 9.44. The SMILES string of the molecule is NCCNCC(O)COc1ccccc1.[Cl-].[Cl-]. The van der Waals surface area contributed by atoms with Gasteiger partial charge in [0.1, 0.15) is 18.5 Å². The summed E-state index contributed by atoms with van der Waals surface area (Å²) in [7, 11) is 0. The van der Waals surface area contributed by atoms with Crippen molar-refractivity contribution in [2.24, 2.45) is 5.73 Å². The molecule has 1 rings (SSSR count). The Morgan fingerprint density at radius 2 is 1.88 bits per heavy atom. The fourth-order valence-corrected chi connectivity index (χ4v) is 1.14. The van der Waals surface area contributed by atoms with Crippen LogP contribution in [-0.4, -0.2) is 37.5 Å². The normalized spacial score (nSPS) is 10.9. The van der Waals surface area contributed by atoms with Crippen LogP contribution in [0.5, 0.6) is 5.75 Å². The van der Waals surface area contributed by atoms with Crippen LogP contribution in [0.4, 0.5) is 0 Å². The standard InChI is InChI=1S/C11H18N2O2.2ClH/c12-6-7-13-8-10(14)9-15-11-4-2-1-3-5-11;;/h1-5,10,13-14H,6-9,12H2;2*1H/p-2. The van der Waals surface area contributed by atoms with Crippen LogP contribution in [0.25, 0.3) is 0 Å². The maximum Gasteiger partial charge on any atom is 0.119 e. The first-order valence-electron chi connectivity index (χ1n) is 5.09. The Labute approximate surface area is 114 Å². The third-order valence-electron chi connectivity index (χ3n) is 1.89. The van der Waals surface area contributed by atoms with Gasteiger partial charge in [-0.25, -0.2) is 0 Å². The van der Waals surface area contributed by atoms with Crippen LogP contribution >= 0.6 is 0 Å². The van der Waals surface area contributed by atoms with E-state index in [9.17, 15) is 5.11 Å². The molecule has 0 saturated carbocycles. The topological polar surface area (TPSA) is 67.5 Å². The smallest absolute Gasteiger partial charge is 0.119 e. The van der Waals surface area contributed by atoms with Crippen LogP contribution in [-0.2, 0) is 0 Å². The molecule has 1 unspecified atom stereocenters. The summed E-state index contributed by atoms with van der Waals surface area (Å²) in [6.07, 6.45) is -0.503. The van der Waals surface area contributed by atoms with E-state index in [1.54, 1.807) is 0 Å². The van der Waals surface area contributed by atoms with Crippen molar-refractivity contribution in [3.8, 4) is 5.75 Å². The van der Waals surface area contributed by atoms with E-state index < -0.39 is 6.10 Å². The second-order valence-electron chi connectivity index (χ2n) is 3.27. The number of aliphatic hydroxyl groups is 1. The van der Waals surface area contributed by atoms with Crippen LogP contribution in [0.3, 0.4) is 0 Å². The Morgan fingerprint density at radius 1 is 1.24 bits per heavy atom. The molecule has 0 spiro atoms. The molecule has 17 heavy (non-hydrogen) atoms. The summed E-state index contributed by atoms with van der Waals surface area (Å²) < 4.78 is 5.38. The number of nitrogens with one attached hydrogen (secondary N) is 1. The molecule has 0 bridgehead atoms. The zero-order valence-electron chi connectivity index (χ0n) is 9.48. The molecular formula is C11H18Cl2N2O2-2. The van der Waals surface area contributed by atoms with Gasteiger partial charge in [-0.2, -0.15) is 0 Å². The van der Waals surface area contributed by atoms with Crippen LogP contribution in [0.15, 0.2) is 30.3 Å². The molecule has 0 fully saturated rings. The number of aliphatic hydroxyl groups excluding tert-OH is 1. The largest absolute Gasteiger partial charge is 1.00 e. The van der Waals surface area contributed by atoms with Gasteiger partial charge in [-0.3, -0.25) is 0 Å². The summed E-state index contributed by atoms with van der Waals surface area (Å²) in [5.41, 5.74) is 5.30. The molecule has 0 amide bonds. The van der Waals surface area contributed by atoms with Crippen molar-refractivity contribution in [2.45, 2.75) is 6.10 Å². The van der Waals surface area contributed by atoms with Gasteiger partial charge in [-0.1, -0.05) is 18.2 Å². The van der Waals surface area contributed by atoms with E-state index in [-0.39, 0.29) is 24.8 Å². The average Bonchev–Trinajstić information content (AvgIpc) is 2.28. The summed E-state index contributed by atoms with van der Waals surface area (Å²) in [6.45, 7) is 2.08. The minimum absolute atomic E-state index is 0. The van der Waals surface area contributed by atoms with Crippen LogP contribution in [0.2, 0.25) is 0 Å². The van der Waals surface area contributed by atoms with Gasteiger partial charge < -0.3 is 45.7 Å². The minimum Gasteiger partial charge on any atom is -1.00 e. The molecule has 0 aromatic heterocycles. The third kappa shape index (κ3) is 9.21. The van der Waals surface area contributed by atoms with Gasteiger partial charge in [0.25, 0.3) is 0 Å². The monoisotopic (exact) mass is 280 g/mol. The predicted molar refractivity (Wildman–Crippen MR) is 59.9 cm³/mol. The number of rotatable bonds is 7. The van der Waals surface area contributed by atoms with Crippen LogP contribution in [0.1, 0.15) is 0 Å². The van der Waals surface area contributed by atoms with E-state index in [1.165, 1.54) is 0 Å². The molecule has 4 nitrogen and oxygen atoms in total. The average molecular weight is 281 g/mol. The molecule has 0 heterocycles. The quantitative estimate of drug-likeness (QED) is 0.435. The zero-order valence-corrected chi connectivity index (χ0v) is 11.0. The summed E-state index contributed by atoms with van der Waals surface area (Å²) in [4.78, 5) is 0. The van der Waals surface area contributed by atoms with Crippen LogP contribution < -0.4 is 40.6 Å². The number of nitrogens with two attached hydrogens (primary N) is 1. The molecule has 0 aliphatic carbocycles. The molecular weight excluding hydrogens is 263 g/mol. The van der Waals surface area contributed by atoms with E-state index in [0.717, 1.165) is 5.75 Å². The van der Waals surface area contributed by atoms with Gasteiger partial charge in [0.2, 0.25) is 0 Å². The molecule has 0 aliphatic heterocycles. The first-order valence-corrected chi connectivity index (χ1v) is 5.09. The Kier molecular flexibility index (Phi) is 13.2. The van der Waals surface area contributed by atoms with Gasteiger partial charge in [0, 0.05) is 19.6 Å². The fourth-order valence-electron chi connectivity index (χ4n) is 1.14. The van der Waals surface area contributed by atoms with Crippen molar-refractivity contribution in [1.82, 2.24) is 5.32 Å². The number of ether oxygens (including phenoxy) is 1. The Hall–Kier alpha value is -0.520. The van der Waals surface area contributed by atoms with E-state index in [2.05, 4.69) is 5.32 Å². The van der Waals surface area contributed by atoms with Gasteiger partial charge in [0.15, 0.2) is 0 Å². The molecule has 100 valence electrons. The lowest BCUT2D eigenvalue weighted by molar-refractivity contribution is -0.001000. The first-order chi connectivity index (χ1) is 7.33. The molecule has 1 aromatic carbocycles. The van der Waals surface area contributed by atoms with Crippen molar-refractivity contribution in [2.75, 3.05) is 26.2 Å². The van der Waals surface area contributed by atoms with Crippen molar-refractivity contribution in [1.29, 1.82) is 0 Å². The highest BCUT2D eigenvalue weighted by Crippen LogP contribution is 2.08. The Morgan fingerprint density at radius 3 is 2.47 bits per heavy atom. The van der Waals surface area contributed by atoms with Gasteiger partial charge in [-0.05, 0) is 12.1 Å². The predicted octanol–water partition coefficient (Wildman–Crippen LogP) is -6.02. The fraction of sp³-hybridized carbons (Fsp3) is 0.455. The second kappa shape index (κ2) is 12.0. The summed E-state index contributed by atoms with van der Waals surface area (Å²) in [5.74, 6) is 0.773. The molecule has 0 radical (unpaired) electrons. The first kappa shape index (κ1) is 18.8. The second-order valence-corrected chi connectivity index (χ2v) is 3.27. The van der Waals surface area contributed by atoms with Gasteiger partial charge >= 0.3 is 0 Å². The number of hydrogen-bond acceptors (Lipinski definition) is 4. The van der Waals surface area contributed by atoms with Crippen LogP contribution in [0, 0.1) is 0 Å². The van der Waals surface area contributed by atoms with Gasteiger partial charge in [-0.15, -0.1) is 0 Å². The summed E-state index contributed by atoms with van der Waals surface area (Å²) >= 11 is 0. The van der Waals surface area contributed by atoms with Gasteiger partial charge in [0.05, 0.1) is 0 Å². The maximum atomic E-state index is 9.51. The molecule has 4 N–H and O–H groups in total. The van der Waals surface area contributed by atoms with Crippen molar-refractivity contribution in [3.05, 3.63) is 30.3 Å². The van der Waals surface area contributed by atoms with E-state index >= 15 is 0 Å². The zero-order chi connectivity index (χ0) is 10.9. The third-order valence-corrected chi connectivity index (χ3v) is 1.89. The molecule has 0 saturated heterocycles. The van der Waals surface area contributed by atoms with Crippen molar-refractivity contribution >= 4 is 0 Å². The van der Waals surface area contributed by atoms with Crippen molar-refractivity contribution < 1.29 is 34.7 Å². The van der Waals surface area contributed by atoms with E-state index in [0.29, 0.717) is 26.2 Å². The maximum absolute atomic E-state index is 9.51. The van der Waals surface area contributed by atoms with E-state index in [1.807, 2.05) is 30.3 Å². The highest BCUT2D eigenvalue weighted by Gasteiger charge is 2.03. The lowest BCUT2D eigenvalue weighted by Crippen LogP contribution is -3.00. The molecule has 1 aromatic rings. The Bertz CT molecular complexity index is 263. The number of benzene rings is 1. The molecule has 6 heteroatoms. The van der Waals surface area contributed by atoms with E-state index in [4.69, 9.17) is 10.5 Å². The Balaban J connectivity index is 0. The molecule has 1 atom stereocenters. The number of halogens is 2.